The molecule has 0 aromatic heterocycles. The minimum absolute atomic E-state index is 0.00333. The Morgan fingerprint density at radius 2 is 1.90 bits per heavy atom. The Balaban J connectivity index is 2.16. The average Bonchev–Trinajstić information content (AvgIpc) is 2.54. The SMILES string of the molecule is N#Cc1ccccc1S(=O)(=O)NCC1(CO)CCCCC1. The van der Waals surface area contributed by atoms with E-state index in [9.17, 15) is 13.5 Å². The molecule has 0 bridgehead atoms. The molecule has 2 rings (SSSR count). The molecule has 0 amide bonds. The van der Waals surface area contributed by atoms with Gasteiger partial charge in [-0.1, -0.05) is 31.4 Å². The first-order valence-corrected chi connectivity index (χ1v) is 8.61. The topological polar surface area (TPSA) is 90.2 Å². The van der Waals surface area contributed by atoms with Crippen LogP contribution < -0.4 is 4.72 Å². The second kappa shape index (κ2) is 6.56. The monoisotopic (exact) mass is 308 g/mol. The van der Waals surface area contributed by atoms with Gasteiger partial charge in [0.2, 0.25) is 10.0 Å². The first-order chi connectivity index (χ1) is 10.0. The maximum atomic E-state index is 12.4. The maximum Gasteiger partial charge on any atom is 0.241 e. The molecule has 0 aliphatic heterocycles. The van der Waals surface area contributed by atoms with Gasteiger partial charge in [-0.25, -0.2) is 13.1 Å². The predicted molar refractivity (Wildman–Crippen MR) is 78.9 cm³/mol. The summed E-state index contributed by atoms with van der Waals surface area (Å²) in [4.78, 5) is -0.00333. The third-order valence-electron chi connectivity index (χ3n) is 4.18. The molecule has 0 unspecified atom stereocenters. The molecule has 1 saturated carbocycles. The van der Waals surface area contributed by atoms with Crippen molar-refractivity contribution in [3.63, 3.8) is 0 Å². The van der Waals surface area contributed by atoms with Crippen LogP contribution >= 0.6 is 0 Å². The number of nitrogens with zero attached hydrogens (tertiary/aromatic N) is 1. The van der Waals surface area contributed by atoms with Crippen LogP contribution in [0.25, 0.3) is 0 Å². The molecule has 1 aliphatic carbocycles. The summed E-state index contributed by atoms with van der Waals surface area (Å²) < 4.78 is 27.3. The van der Waals surface area contributed by atoms with E-state index < -0.39 is 10.0 Å². The van der Waals surface area contributed by atoms with Gasteiger partial charge in [-0.2, -0.15) is 5.26 Å². The zero-order chi connectivity index (χ0) is 15.3. The van der Waals surface area contributed by atoms with Gasteiger partial charge < -0.3 is 5.11 Å². The van der Waals surface area contributed by atoms with Crippen LogP contribution in [0.1, 0.15) is 37.7 Å². The van der Waals surface area contributed by atoms with Crippen LogP contribution in [0.15, 0.2) is 29.2 Å². The molecule has 0 saturated heterocycles. The van der Waals surface area contributed by atoms with Gasteiger partial charge >= 0.3 is 0 Å². The number of hydrogen-bond donors (Lipinski definition) is 2. The summed E-state index contributed by atoms with van der Waals surface area (Å²) in [5, 5.41) is 18.6. The predicted octanol–water partition coefficient (Wildman–Crippen LogP) is 1.78. The Hall–Kier alpha value is -1.42. The smallest absolute Gasteiger partial charge is 0.241 e. The van der Waals surface area contributed by atoms with E-state index in [1.165, 1.54) is 12.1 Å². The molecular formula is C15H20N2O3S. The van der Waals surface area contributed by atoms with Gasteiger partial charge in [-0.15, -0.1) is 0 Å². The molecule has 1 fully saturated rings. The molecule has 1 aromatic rings. The van der Waals surface area contributed by atoms with Gasteiger partial charge in [-0.05, 0) is 25.0 Å². The highest BCUT2D eigenvalue weighted by Crippen LogP contribution is 2.35. The molecule has 114 valence electrons. The molecule has 21 heavy (non-hydrogen) atoms. The maximum absolute atomic E-state index is 12.4. The van der Waals surface area contributed by atoms with Gasteiger partial charge in [-0.3, -0.25) is 0 Å². The lowest BCUT2D eigenvalue weighted by Crippen LogP contribution is -2.41. The van der Waals surface area contributed by atoms with E-state index in [-0.39, 0.29) is 29.0 Å². The van der Waals surface area contributed by atoms with Crippen LogP contribution in [0.3, 0.4) is 0 Å². The van der Waals surface area contributed by atoms with Crippen molar-refractivity contribution >= 4 is 10.0 Å². The summed E-state index contributed by atoms with van der Waals surface area (Å²) in [5.74, 6) is 0. The first kappa shape index (κ1) is 16.0. The van der Waals surface area contributed by atoms with Crippen molar-refractivity contribution in [2.75, 3.05) is 13.2 Å². The van der Waals surface area contributed by atoms with Gasteiger partial charge in [0, 0.05) is 18.6 Å². The van der Waals surface area contributed by atoms with Gasteiger partial charge in [0.15, 0.2) is 0 Å². The fourth-order valence-corrected chi connectivity index (χ4v) is 4.12. The quantitative estimate of drug-likeness (QED) is 0.867. The summed E-state index contributed by atoms with van der Waals surface area (Å²) in [5.41, 5.74) is -0.237. The summed E-state index contributed by atoms with van der Waals surface area (Å²) in [7, 11) is -3.73. The lowest BCUT2D eigenvalue weighted by Gasteiger charge is -2.35. The Bertz CT molecular complexity index is 629. The lowest BCUT2D eigenvalue weighted by atomic mass is 9.75. The number of sulfonamides is 1. The molecule has 1 aliphatic rings. The van der Waals surface area contributed by atoms with Crippen molar-refractivity contribution in [1.82, 2.24) is 4.72 Å². The van der Waals surface area contributed by atoms with Crippen LogP contribution in [-0.2, 0) is 10.0 Å². The van der Waals surface area contributed by atoms with Crippen LogP contribution in [0, 0.1) is 16.7 Å². The van der Waals surface area contributed by atoms with Crippen molar-refractivity contribution in [3.8, 4) is 6.07 Å². The molecule has 6 heteroatoms. The largest absolute Gasteiger partial charge is 0.396 e. The Morgan fingerprint density at radius 3 is 2.52 bits per heavy atom. The molecule has 1 aromatic carbocycles. The normalized spacial score (nSPS) is 18.1. The highest BCUT2D eigenvalue weighted by Gasteiger charge is 2.33. The standard InChI is InChI=1S/C15H20N2O3S/c16-10-13-6-2-3-7-14(13)21(19,20)17-11-15(12-18)8-4-1-5-9-15/h2-3,6-7,17-18H,1,4-5,8-9,11-12H2. The van der Waals surface area contributed by atoms with Crippen molar-refractivity contribution in [2.45, 2.75) is 37.0 Å². The second-order valence-electron chi connectivity index (χ2n) is 5.65. The number of aliphatic hydroxyl groups excluding tert-OH is 1. The number of aliphatic hydroxyl groups is 1. The zero-order valence-electron chi connectivity index (χ0n) is 11.9. The fourth-order valence-electron chi connectivity index (χ4n) is 2.81. The highest BCUT2D eigenvalue weighted by molar-refractivity contribution is 7.89. The van der Waals surface area contributed by atoms with Gasteiger partial charge in [0.1, 0.15) is 6.07 Å². The van der Waals surface area contributed by atoms with Crippen LogP contribution in [-0.4, -0.2) is 26.7 Å². The summed E-state index contributed by atoms with van der Waals surface area (Å²) in [6, 6.07) is 8.03. The molecular weight excluding hydrogens is 288 g/mol. The lowest BCUT2D eigenvalue weighted by molar-refractivity contribution is 0.0867. The molecule has 0 atom stereocenters. The minimum atomic E-state index is -3.73. The van der Waals surface area contributed by atoms with Gasteiger partial charge in [0.05, 0.1) is 10.5 Å². The third-order valence-corrected chi connectivity index (χ3v) is 5.64. The van der Waals surface area contributed by atoms with Crippen molar-refractivity contribution < 1.29 is 13.5 Å². The number of benzene rings is 1. The van der Waals surface area contributed by atoms with E-state index in [1.807, 2.05) is 6.07 Å². The fraction of sp³-hybridized carbons (Fsp3) is 0.533. The minimum Gasteiger partial charge on any atom is -0.396 e. The Kier molecular flexibility index (Phi) is 4.99. The van der Waals surface area contributed by atoms with Crippen molar-refractivity contribution in [2.24, 2.45) is 5.41 Å². The third kappa shape index (κ3) is 3.62. The first-order valence-electron chi connectivity index (χ1n) is 7.13. The molecule has 2 N–H and O–H groups in total. The van der Waals surface area contributed by atoms with Crippen molar-refractivity contribution in [3.05, 3.63) is 29.8 Å². The molecule has 5 nitrogen and oxygen atoms in total. The van der Waals surface area contributed by atoms with E-state index in [1.54, 1.807) is 12.1 Å². The number of rotatable bonds is 5. The van der Waals surface area contributed by atoms with Crippen LogP contribution in [0.4, 0.5) is 0 Å². The Labute approximate surface area is 125 Å². The van der Waals surface area contributed by atoms with Gasteiger partial charge in [0.25, 0.3) is 0 Å². The number of hydrogen-bond acceptors (Lipinski definition) is 4. The summed E-state index contributed by atoms with van der Waals surface area (Å²) in [6.07, 6.45) is 4.80. The number of nitrogens with one attached hydrogen (secondary N) is 1. The molecule has 0 heterocycles. The number of nitriles is 1. The average molecular weight is 308 g/mol. The van der Waals surface area contributed by atoms with Crippen LogP contribution in [0.5, 0.6) is 0 Å². The highest BCUT2D eigenvalue weighted by atomic mass is 32.2. The van der Waals surface area contributed by atoms with E-state index in [2.05, 4.69) is 4.72 Å². The zero-order valence-corrected chi connectivity index (χ0v) is 12.7. The molecule has 0 spiro atoms. The van der Waals surface area contributed by atoms with E-state index in [0.29, 0.717) is 0 Å². The van der Waals surface area contributed by atoms with E-state index in [4.69, 9.17) is 5.26 Å². The summed E-state index contributed by atoms with van der Waals surface area (Å²) in [6.45, 7) is 0.195. The summed E-state index contributed by atoms with van der Waals surface area (Å²) >= 11 is 0. The Morgan fingerprint density at radius 1 is 1.24 bits per heavy atom. The second-order valence-corrected chi connectivity index (χ2v) is 7.39. The van der Waals surface area contributed by atoms with Crippen LogP contribution in [0.2, 0.25) is 0 Å². The van der Waals surface area contributed by atoms with Crippen molar-refractivity contribution in [1.29, 1.82) is 5.26 Å². The molecule has 0 radical (unpaired) electrons. The van der Waals surface area contributed by atoms with E-state index in [0.717, 1.165) is 32.1 Å². The van der Waals surface area contributed by atoms with E-state index >= 15 is 0 Å².